The van der Waals surface area contributed by atoms with Gasteiger partial charge in [0.25, 0.3) is 0 Å². The number of nitrogens with one attached hydrogen (secondary N) is 1. The van der Waals surface area contributed by atoms with Crippen LogP contribution >= 0.6 is 0 Å². The highest BCUT2D eigenvalue weighted by molar-refractivity contribution is 5.41. The Hall–Kier alpha value is -1.26. The van der Waals surface area contributed by atoms with Gasteiger partial charge in [0, 0.05) is 19.1 Å². The molecule has 2 rings (SSSR count). The Bertz CT molecular complexity index is 389. The lowest BCUT2D eigenvalue weighted by Crippen LogP contribution is -2.43. The highest BCUT2D eigenvalue weighted by atomic mass is 16.5. The van der Waals surface area contributed by atoms with E-state index in [1.165, 1.54) is 12.8 Å². The van der Waals surface area contributed by atoms with Crippen molar-refractivity contribution < 1.29 is 9.84 Å². The second kappa shape index (κ2) is 6.07. The Morgan fingerprint density at radius 1 is 1.50 bits per heavy atom. The maximum absolute atomic E-state index is 9.57. The number of piperidine rings is 1. The lowest BCUT2D eigenvalue weighted by Gasteiger charge is -2.31. The first-order valence-electron chi connectivity index (χ1n) is 6.47. The van der Waals surface area contributed by atoms with Crippen molar-refractivity contribution in [3.63, 3.8) is 0 Å². The van der Waals surface area contributed by atoms with E-state index in [0.29, 0.717) is 11.8 Å². The first kappa shape index (κ1) is 13.2. The highest BCUT2D eigenvalue weighted by Gasteiger charge is 2.17. The summed E-state index contributed by atoms with van der Waals surface area (Å²) in [4.78, 5) is 2.36. The molecule has 4 nitrogen and oxygen atoms in total. The molecule has 2 N–H and O–H groups in total. The summed E-state index contributed by atoms with van der Waals surface area (Å²) in [5.41, 5.74) is 1.16. The normalized spacial score (nSPS) is 20.1. The molecule has 1 aromatic rings. The van der Waals surface area contributed by atoms with Crippen LogP contribution in [0.4, 0.5) is 0 Å². The summed E-state index contributed by atoms with van der Waals surface area (Å²) in [6.07, 6.45) is 2.49. The third kappa shape index (κ3) is 3.15. The maximum Gasteiger partial charge on any atom is 0.160 e. The number of likely N-dealkylation sites (N-methyl/N-ethyl adjacent to an activating group) is 1. The molecule has 100 valence electrons. The van der Waals surface area contributed by atoms with Gasteiger partial charge < -0.3 is 15.2 Å². The molecule has 4 heteroatoms. The van der Waals surface area contributed by atoms with Gasteiger partial charge in [0.2, 0.25) is 0 Å². The molecular weight excluding hydrogens is 228 g/mol. The number of aromatic hydroxyl groups is 1. The smallest absolute Gasteiger partial charge is 0.160 e. The zero-order valence-corrected chi connectivity index (χ0v) is 11.1. The average Bonchev–Trinajstić information content (AvgIpc) is 2.42. The minimum Gasteiger partial charge on any atom is -0.504 e. The molecule has 1 aromatic carbocycles. The summed E-state index contributed by atoms with van der Waals surface area (Å²) in [6, 6.07) is 6.15. The molecule has 1 unspecified atom stereocenters. The minimum atomic E-state index is 0.197. The summed E-state index contributed by atoms with van der Waals surface area (Å²) in [6.45, 7) is 3.08. The molecule has 0 aliphatic carbocycles. The van der Waals surface area contributed by atoms with Crippen molar-refractivity contribution in [2.75, 3.05) is 27.2 Å². The largest absolute Gasteiger partial charge is 0.504 e. The van der Waals surface area contributed by atoms with Gasteiger partial charge in [-0.1, -0.05) is 6.07 Å². The van der Waals surface area contributed by atoms with Gasteiger partial charge in [0.05, 0.1) is 7.11 Å². The van der Waals surface area contributed by atoms with Crippen molar-refractivity contribution in [1.82, 2.24) is 10.2 Å². The van der Waals surface area contributed by atoms with Crippen LogP contribution in [0.5, 0.6) is 11.5 Å². The molecule has 1 aliphatic rings. The predicted molar refractivity (Wildman–Crippen MR) is 72.0 cm³/mol. The monoisotopic (exact) mass is 250 g/mol. The standard InChI is InChI=1S/C14H22N2O2/c1-16(12-4-3-7-15-9-12)10-11-5-6-13(17)14(8-11)18-2/h5-6,8,12,15,17H,3-4,7,9-10H2,1-2H3. The third-order valence-corrected chi connectivity index (χ3v) is 3.57. The highest BCUT2D eigenvalue weighted by Crippen LogP contribution is 2.27. The van der Waals surface area contributed by atoms with Gasteiger partial charge in [0.1, 0.15) is 0 Å². The summed E-state index contributed by atoms with van der Waals surface area (Å²) in [5.74, 6) is 0.742. The van der Waals surface area contributed by atoms with Gasteiger partial charge in [-0.15, -0.1) is 0 Å². The fourth-order valence-electron chi connectivity index (χ4n) is 2.45. The van der Waals surface area contributed by atoms with E-state index in [2.05, 4.69) is 17.3 Å². The molecule has 18 heavy (non-hydrogen) atoms. The lowest BCUT2D eigenvalue weighted by atomic mass is 10.1. The molecule has 0 aromatic heterocycles. The molecule has 1 heterocycles. The number of rotatable bonds is 4. The first-order chi connectivity index (χ1) is 8.70. The number of benzene rings is 1. The number of phenolic OH excluding ortho intramolecular Hbond substituents is 1. The van der Waals surface area contributed by atoms with Gasteiger partial charge >= 0.3 is 0 Å². The quantitative estimate of drug-likeness (QED) is 0.851. The van der Waals surface area contributed by atoms with Crippen LogP contribution in [-0.2, 0) is 6.54 Å². The van der Waals surface area contributed by atoms with Crippen LogP contribution in [0.15, 0.2) is 18.2 Å². The fraction of sp³-hybridized carbons (Fsp3) is 0.571. The number of phenols is 1. The average molecular weight is 250 g/mol. The van der Waals surface area contributed by atoms with Gasteiger partial charge in [-0.05, 0) is 44.1 Å². The van der Waals surface area contributed by atoms with Crippen LogP contribution in [0.2, 0.25) is 0 Å². The molecule has 1 atom stereocenters. The van der Waals surface area contributed by atoms with Crippen LogP contribution in [0.3, 0.4) is 0 Å². The first-order valence-corrected chi connectivity index (χ1v) is 6.47. The summed E-state index contributed by atoms with van der Waals surface area (Å²) in [5, 5.41) is 13.0. The predicted octanol–water partition coefficient (Wildman–Crippen LogP) is 1.58. The second-order valence-corrected chi connectivity index (χ2v) is 4.92. The van der Waals surface area contributed by atoms with E-state index in [1.807, 2.05) is 12.1 Å². The van der Waals surface area contributed by atoms with E-state index < -0.39 is 0 Å². The number of ether oxygens (including phenoxy) is 1. The van der Waals surface area contributed by atoms with E-state index in [9.17, 15) is 5.11 Å². The summed E-state index contributed by atoms with van der Waals surface area (Å²) < 4.78 is 5.13. The van der Waals surface area contributed by atoms with E-state index in [4.69, 9.17) is 4.74 Å². The summed E-state index contributed by atoms with van der Waals surface area (Å²) in [7, 11) is 3.73. The summed E-state index contributed by atoms with van der Waals surface area (Å²) >= 11 is 0. The van der Waals surface area contributed by atoms with Crippen molar-refractivity contribution >= 4 is 0 Å². The van der Waals surface area contributed by atoms with E-state index in [1.54, 1.807) is 13.2 Å². The number of nitrogens with zero attached hydrogens (tertiary/aromatic N) is 1. The van der Waals surface area contributed by atoms with Gasteiger partial charge in [-0.2, -0.15) is 0 Å². The number of hydrogen-bond acceptors (Lipinski definition) is 4. The number of methoxy groups -OCH3 is 1. The van der Waals surface area contributed by atoms with Gasteiger partial charge in [-0.25, -0.2) is 0 Å². The molecular formula is C14H22N2O2. The van der Waals surface area contributed by atoms with E-state index >= 15 is 0 Å². The number of hydrogen-bond donors (Lipinski definition) is 2. The van der Waals surface area contributed by atoms with E-state index in [0.717, 1.165) is 25.2 Å². The zero-order chi connectivity index (χ0) is 13.0. The van der Waals surface area contributed by atoms with Crippen LogP contribution < -0.4 is 10.1 Å². The molecule has 0 spiro atoms. The molecule has 0 amide bonds. The van der Waals surface area contributed by atoms with Gasteiger partial charge in [0.15, 0.2) is 11.5 Å². The molecule has 1 aliphatic heterocycles. The molecule has 0 saturated carbocycles. The second-order valence-electron chi connectivity index (χ2n) is 4.92. The molecule has 0 bridgehead atoms. The van der Waals surface area contributed by atoms with Crippen LogP contribution in [0.25, 0.3) is 0 Å². The Balaban J connectivity index is 1.99. The topological polar surface area (TPSA) is 44.7 Å². The van der Waals surface area contributed by atoms with E-state index in [-0.39, 0.29) is 5.75 Å². The van der Waals surface area contributed by atoms with Crippen molar-refractivity contribution in [2.24, 2.45) is 0 Å². The zero-order valence-electron chi connectivity index (χ0n) is 11.1. The van der Waals surface area contributed by atoms with Crippen molar-refractivity contribution in [3.05, 3.63) is 23.8 Å². The maximum atomic E-state index is 9.57. The molecule has 1 fully saturated rings. The third-order valence-electron chi connectivity index (χ3n) is 3.57. The minimum absolute atomic E-state index is 0.197. The van der Waals surface area contributed by atoms with Crippen LogP contribution in [0.1, 0.15) is 18.4 Å². The van der Waals surface area contributed by atoms with Crippen molar-refractivity contribution in [2.45, 2.75) is 25.4 Å². The molecule has 0 radical (unpaired) electrons. The van der Waals surface area contributed by atoms with Crippen molar-refractivity contribution in [1.29, 1.82) is 0 Å². The SMILES string of the molecule is COc1cc(CN(C)C2CCCNC2)ccc1O. The van der Waals surface area contributed by atoms with Crippen molar-refractivity contribution in [3.8, 4) is 11.5 Å². The lowest BCUT2D eigenvalue weighted by molar-refractivity contribution is 0.195. The Labute approximate surface area is 109 Å². The van der Waals surface area contributed by atoms with Crippen LogP contribution in [-0.4, -0.2) is 43.3 Å². The Kier molecular flexibility index (Phi) is 4.44. The molecule has 1 saturated heterocycles. The van der Waals surface area contributed by atoms with Gasteiger partial charge in [-0.3, -0.25) is 4.90 Å². The Morgan fingerprint density at radius 2 is 2.33 bits per heavy atom. The van der Waals surface area contributed by atoms with Crippen LogP contribution in [0, 0.1) is 0 Å². The Morgan fingerprint density at radius 3 is 3.00 bits per heavy atom. The fourth-order valence-corrected chi connectivity index (χ4v) is 2.45.